The van der Waals surface area contributed by atoms with Gasteiger partial charge in [-0.2, -0.15) is 0 Å². The van der Waals surface area contributed by atoms with Gasteiger partial charge in [-0.1, -0.05) is 39.8 Å². The molecule has 1 aromatic carbocycles. The molecule has 2 aromatic rings. The van der Waals surface area contributed by atoms with Crippen LogP contribution in [0, 0.1) is 0 Å². The van der Waals surface area contributed by atoms with Crippen LogP contribution in [0.2, 0.25) is 0 Å². The second-order valence-corrected chi connectivity index (χ2v) is 12.2. The maximum Gasteiger partial charge on any atom is 0.225 e. The van der Waals surface area contributed by atoms with Crippen LogP contribution >= 0.6 is 0 Å². The molecule has 1 N–H and O–H groups in total. The Morgan fingerprint density at radius 1 is 1.00 bits per heavy atom. The molecule has 0 amide bonds. The third kappa shape index (κ3) is 6.24. The zero-order valence-electron chi connectivity index (χ0n) is 22.5. The van der Waals surface area contributed by atoms with Gasteiger partial charge in [-0.3, -0.25) is 0 Å². The summed E-state index contributed by atoms with van der Waals surface area (Å²) >= 11 is 0. The Morgan fingerprint density at radius 2 is 1.59 bits per heavy atom. The number of carbonyl (C=O) groups excluding carboxylic acids is 1. The summed E-state index contributed by atoms with van der Waals surface area (Å²) in [7, 11) is 0. The average molecular weight is 465 g/mol. The lowest BCUT2D eigenvalue weighted by Crippen LogP contribution is -2.49. The van der Waals surface area contributed by atoms with Crippen LogP contribution in [-0.4, -0.2) is 40.9 Å². The van der Waals surface area contributed by atoms with Crippen molar-refractivity contribution in [3.05, 3.63) is 41.6 Å². The molecule has 1 saturated heterocycles. The van der Waals surface area contributed by atoms with Crippen molar-refractivity contribution >= 4 is 12.2 Å². The van der Waals surface area contributed by atoms with Crippen LogP contribution < -0.4 is 10.2 Å². The van der Waals surface area contributed by atoms with Gasteiger partial charge in [0.05, 0.1) is 5.69 Å². The summed E-state index contributed by atoms with van der Waals surface area (Å²) in [6.07, 6.45) is 7.40. The summed E-state index contributed by atoms with van der Waals surface area (Å²) < 4.78 is 0. The lowest BCUT2D eigenvalue weighted by atomic mass is 9.63. The van der Waals surface area contributed by atoms with E-state index < -0.39 is 0 Å². The number of hydrogen-bond acceptors (Lipinski definition) is 5. The molecule has 1 aromatic heterocycles. The molecule has 0 atom stereocenters. The molecule has 0 spiro atoms. The predicted molar refractivity (Wildman–Crippen MR) is 143 cm³/mol. The molecule has 2 aliphatic rings. The van der Waals surface area contributed by atoms with Crippen molar-refractivity contribution in [3.63, 3.8) is 0 Å². The fraction of sp³-hybridized carbons (Fsp3) is 0.621. The zero-order valence-corrected chi connectivity index (χ0v) is 22.5. The summed E-state index contributed by atoms with van der Waals surface area (Å²) in [4.78, 5) is 20.8. The number of anilines is 1. The Balaban J connectivity index is 0.00000103. The summed E-state index contributed by atoms with van der Waals surface area (Å²) in [5.74, 6) is 0.865. The topological polar surface area (TPSA) is 58.1 Å². The van der Waals surface area contributed by atoms with Crippen molar-refractivity contribution in [2.45, 2.75) is 103 Å². The molecular weight excluding hydrogens is 420 g/mol. The van der Waals surface area contributed by atoms with Crippen molar-refractivity contribution in [2.75, 3.05) is 18.0 Å². The minimum absolute atomic E-state index is 0.165. The second-order valence-electron chi connectivity index (χ2n) is 12.2. The monoisotopic (exact) mass is 464 g/mol. The average Bonchev–Trinajstić information content (AvgIpc) is 2.77. The fourth-order valence-corrected chi connectivity index (χ4v) is 5.25. The number of carbonyl (C=O) groups is 1. The molecule has 4 rings (SSSR count). The molecule has 34 heavy (non-hydrogen) atoms. The van der Waals surface area contributed by atoms with Gasteiger partial charge in [-0.05, 0) is 87.5 Å². The summed E-state index contributed by atoms with van der Waals surface area (Å²) in [6, 6.07) is 9.62. The van der Waals surface area contributed by atoms with E-state index in [0.717, 1.165) is 43.9 Å². The van der Waals surface area contributed by atoms with Gasteiger partial charge in [0.2, 0.25) is 5.95 Å². The smallest absolute Gasteiger partial charge is 0.225 e. The third-order valence-corrected chi connectivity index (χ3v) is 7.21. The van der Waals surface area contributed by atoms with Gasteiger partial charge in [0.1, 0.15) is 6.29 Å². The molecule has 1 aliphatic heterocycles. The number of fused-ring (bicyclic) bond motifs is 1. The van der Waals surface area contributed by atoms with Gasteiger partial charge in [0, 0.05) is 36.4 Å². The highest BCUT2D eigenvalue weighted by molar-refractivity contribution is 5.64. The molecule has 1 aliphatic carbocycles. The maximum absolute atomic E-state index is 8.81. The first-order chi connectivity index (χ1) is 15.9. The van der Waals surface area contributed by atoms with E-state index in [4.69, 9.17) is 9.78 Å². The van der Waals surface area contributed by atoms with E-state index in [9.17, 15) is 0 Å². The standard InChI is InChI=1S/C27H40N4.C2H4O/c1-25(2,3)30-20-11-16-31(17-12-20)24-28-15-10-23(29-24)19-8-9-21-22(18-19)27(6,7)14-13-26(21,4)5;1-2-3/h8-10,15,18,20,30H,11-14,16-17H2,1-7H3;2H,1H3. The number of nitrogens with one attached hydrogen (secondary N) is 1. The number of nitrogens with zero attached hydrogens (tertiary/aromatic N) is 3. The molecule has 2 heterocycles. The van der Waals surface area contributed by atoms with Crippen LogP contribution in [0.3, 0.4) is 0 Å². The van der Waals surface area contributed by atoms with Crippen molar-refractivity contribution in [2.24, 2.45) is 0 Å². The fourth-order valence-electron chi connectivity index (χ4n) is 5.25. The van der Waals surface area contributed by atoms with Gasteiger partial charge in [-0.25, -0.2) is 9.97 Å². The van der Waals surface area contributed by atoms with Gasteiger partial charge in [-0.15, -0.1) is 0 Å². The van der Waals surface area contributed by atoms with E-state index in [2.05, 4.69) is 87.9 Å². The Morgan fingerprint density at radius 3 is 2.18 bits per heavy atom. The summed E-state index contributed by atoms with van der Waals surface area (Å²) in [5.41, 5.74) is 5.83. The summed E-state index contributed by atoms with van der Waals surface area (Å²) in [6.45, 7) is 19.7. The van der Waals surface area contributed by atoms with E-state index in [0.29, 0.717) is 6.04 Å². The Kier molecular flexibility index (Phi) is 7.86. The lowest BCUT2D eigenvalue weighted by Gasteiger charge is -2.42. The van der Waals surface area contributed by atoms with Crippen molar-refractivity contribution in [1.29, 1.82) is 0 Å². The van der Waals surface area contributed by atoms with Crippen LogP contribution in [0.25, 0.3) is 11.3 Å². The Hall–Kier alpha value is -2.27. The third-order valence-electron chi connectivity index (χ3n) is 7.21. The first-order valence-corrected chi connectivity index (χ1v) is 12.8. The lowest BCUT2D eigenvalue weighted by molar-refractivity contribution is -0.106. The van der Waals surface area contributed by atoms with E-state index in [-0.39, 0.29) is 16.4 Å². The number of aromatic nitrogens is 2. The van der Waals surface area contributed by atoms with E-state index in [1.165, 1.54) is 36.5 Å². The second kappa shape index (κ2) is 10.2. The number of aldehydes is 1. The van der Waals surface area contributed by atoms with Crippen LogP contribution in [0.5, 0.6) is 0 Å². The SMILES string of the molecule is CC(C)(C)NC1CCN(c2nccc(-c3ccc4c(c3)C(C)(C)CCC4(C)C)n2)CC1.CC=O. The molecule has 0 bridgehead atoms. The molecule has 1 fully saturated rings. The minimum atomic E-state index is 0.165. The van der Waals surface area contributed by atoms with E-state index in [1.54, 1.807) is 0 Å². The number of hydrogen-bond donors (Lipinski definition) is 1. The van der Waals surface area contributed by atoms with Gasteiger partial charge >= 0.3 is 0 Å². The predicted octanol–water partition coefficient (Wildman–Crippen LogP) is 6.05. The highest BCUT2D eigenvalue weighted by atomic mass is 16.1. The molecule has 186 valence electrons. The van der Waals surface area contributed by atoms with E-state index in [1.807, 2.05) is 6.20 Å². The molecular formula is C29H44N4O. The maximum atomic E-state index is 8.81. The van der Waals surface area contributed by atoms with Gasteiger partial charge < -0.3 is 15.0 Å². The van der Waals surface area contributed by atoms with Gasteiger partial charge in [0.25, 0.3) is 0 Å². The Bertz CT molecular complexity index is 982. The van der Waals surface area contributed by atoms with Crippen LogP contribution in [0.15, 0.2) is 30.5 Å². The number of rotatable bonds is 3. The molecule has 0 radical (unpaired) electrons. The van der Waals surface area contributed by atoms with Crippen molar-refractivity contribution in [1.82, 2.24) is 15.3 Å². The van der Waals surface area contributed by atoms with Crippen molar-refractivity contribution < 1.29 is 4.79 Å². The Labute approximate surface area is 206 Å². The normalized spacial score (nSPS) is 19.6. The summed E-state index contributed by atoms with van der Waals surface area (Å²) in [5, 5.41) is 3.74. The number of benzene rings is 1. The quantitative estimate of drug-likeness (QED) is 0.560. The zero-order chi connectivity index (χ0) is 25.1. The molecule has 0 saturated carbocycles. The van der Waals surface area contributed by atoms with Crippen LogP contribution in [0.1, 0.15) is 92.2 Å². The van der Waals surface area contributed by atoms with Crippen LogP contribution in [0.4, 0.5) is 5.95 Å². The van der Waals surface area contributed by atoms with Crippen molar-refractivity contribution in [3.8, 4) is 11.3 Å². The molecule has 0 unspecified atom stereocenters. The minimum Gasteiger partial charge on any atom is -0.341 e. The van der Waals surface area contributed by atoms with Gasteiger partial charge in [0.15, 0.2) is 0 Å². The highest BCUT2D eigenvalue weighted by Gasteiger charge is 2.37. The van der Waals surface area contributed by atoms with Crippen LogP contribution in [-0.2, 0) is 15.6 Å². The van der Waals surface area contributed by atoms with E-state index >= 15 is 0 Å². The first-order valence-electron chi connectivity index (χ1n) is 12.8. The molecule has 5 nitrogen and oxygen atoms in total. The largest absolute Gasteiger partial charge is 0.341 e. The first kappa shape index (κ1) is 26.3. The number of piperidine rings is 1. The highest BCUT2D eigenvalue weighted by Crippen LogP contribution is 2.46. The molecule has 5 heteroatoms.